The predicted octanol–water partition coefficient (Wildman–Crippen LogP) is 3.47. The third kappa shape index (κ3) is 2.57. The van der Waals surface area contributed by atoms with E-state index in [1.807, 2.05) is 47.2 Å². The SMILES string of the molecule is Cc1ccc(-c2nnc(Cn3ccc(=O)c4sccc43)o2)cc1. The number of hydrogen-bond acceptors (Lipinski definition) is 5. The van der Waals surface area contributed by atoms with Crippen molar-refractivity contribution in [1.29, 1.82) is 0 Å². The molecule has 0 radical (unpaired) electrons. The molecule has 4 aromatic rings. The normalized spacial score (nSPS) is 11.2. The molecule has 0 atom stereocenters. The summed E-state index contributed by atoms with van der Waals surface area (Å²) in [5.74, 6) is 1.01. The summed E-state index contributed by atoms with van der Waals surface area (Å²) in [6.07, 6.45) is 1.76. The lowest BCUT2D eigenvalue weighted by molar-refractivity contribution is 0.491. The Morgan fingerprint density at radius 3 is 2.78 bits per heavy atom. The van der Waals surface area contributed by atoms with Crippen LogP contribution in [0, 0.1) is 6.92 Å². The monoisotopic (exact) mass is 323 g/mol. The van der Waals surface area contributed by atoms with Gasteiger partial charge in [-0.3, -0.25) is 4.79 Å². The zero-order chi connectivity index (χ0) is 15.8. The maximum atomic E-state index is 11.8. The highest BCUT2D eigenvalue weighted by molar-refractivity contribution is 7.17. The van der Waals surface area contributed by atoms with E-state index in [0.717, 1.165) is 15.8 Å². The molecule has 4 rings (SSSR count). The number of rotatable bonds is 3. The van der Waals surface area contributed by atoms with Gasteiger partial charge in [0.05, 0.1) is 10.2 Å². The first-order valence-corrected chi connectivity index (χ1v) is 8.05. The number of thiophene rings is 1. The van der Waals surface area contributed by atoms with Gasteiger partial charge in [0.15, 0.2) is 5.43 Å². The first-order valence-electron chi connectivity index (χ1n) is 7.17. The van der Waals surface area contributed by atoms with Crippen LogP contribution >= 0.6 is 11.3 Å². The Balaban J connectivity index is 1.67. The fourth-order valence-electron chi connectivity index (χ4n) is 2.44. The molecule has 0 aliphatic heterocycles. The highest BCUT2D eigenvalue weighted by atomic mass is 32.1. The van der Waals surface area contributed by atoms with Crippen molar-refractivity contribution in [2.24, 2.45) is 0 Å². The quantitative estimate of drug-likeness (QED) is 0.579. The van der Waals surface area contributed by atoms with Crippen molar-refractivity contribution in [3.05, 3.63) is 69.7 Å². The van der Waals surface area contributed by atoms with E-state index in [4.69, 9.17) is 4.42 Å². The lowest BCUT2D eigenvalue weighted by Crippen LogP contribution is -2.07. The molecular weight excluding hydrogens is 310 g/mol. The van der Waals surface area contributed by atoms with Crippen molar-refractivity contribution in [3.8, 4) is 11.5 Å². The minimum atomic E-state index is 0.0390. The van der Waals surface area contributed by atoms with Crippen molar-refractivity contribution in [1.82, 2.24) is 14.8 Å². The summed E-state index contributed by atoms with van der Waals surface area (Å²) < 4.78 is 8.44. The molecule has 0 saturated heterocycles. The van der Waals surface area contributed by atoms with Crippen molar-refractivity contribution in [2.75, 3.05) is 0 Å². The summed E-state index contributed by atoms with van der Waals surface area (Å²) in [5, 5.41) is 10.1. The van der Waals surface area contributed by atoms with Crippen LogP contribution in [0.25, 0.3) is 21.7 Å². The summed E-state index contributed by atoms with van der Waals surface area (Å²) in [4.78, 5) is 11.8. The van der Waals surface area contributed by atoms with Crippen LogP contribution in [0.3, 0.4) is 0 Å². The lowest BCUT2D eigenvalue weighted by atomic mass is 10.1. The molecule has 3 heterocycles. The summed E-state index contributed by atoms with van der Waals surface area (Å²) in [6, 6.07) is 11.4. The molecule has 0 aliphatic rings. The van der Waals surface area contributed by atoms with E-state index in [-0.39, 0.29) is 5.43 Å². The first-order chi connectivity index (χ1) is 11.2. The van der Waals surface area contributed by atoms with E-state index in [2.05, 4.69) is 10.2 Å². The van der Waals surface area contributed by atoms with Gasteiger partial charge in [-0.1, -0.05) is 17.7 Å². The summed E-state index contributed by atoms with van der Waals surface area (Å²) >= 11 is 1.44. The Hall–Kier alpha value is -2.73. The lowest BCUT2D eigenvalue weighted by Gasteiger charge is -2.04. The van der Waals surface area contributed by atoms with Crippen LogP contribution in [0.2, 0.25) is 0 Å². The van der Waals surface area contributed by atoms with E-state index in [1.165, 1.54) is 16.9 Å². The minimum absolute atomic E-state index is 0.0390. The van der Waals surface area contributed by atoms with Crippen molar-refractivity contribution >= 4 is 21.6 Å². The molecule has 5 nitrogen and oxygen atoms in total. The average Bonchev–Trinajstić information content (AvgIpc) is 3.21. The van der Waals surface area contributed by atoms with Gasteiger partial charge in [-0.15, -0.1) is 21.5 Å². The van der Waals surface area contributed by atoms with Gasteiger partial charge in [0.1, 0.15) is 6.54 Å². The number of aromatic nitrogens is 3. The second-order valence-electron chi connectivity index (χ2n) is 5.31. The van der Waals surface area contributed by atoms with E-state index in [9.17, 15) is 4.79 Å². The van der Waals surface area contributed by atoms with Crippen molar-refractivity contribution in [2.45, 2.75) is 13.5 Å². The molecule has 114 valence electrons. The molecule has 0 bridgehead atoms. The molecule has 0 spiro atoms. The molecule has 0 unspecified atom stereocenters. The predicted molar refractivity (Wildman–Crippen MR) is 89.7 cm³/mol. The van der Waals surface area contributed by atoms with Crippen LogP contribution in [0.4, 0.5) is 0 Å². The third-order valence-electron chi connectivity index (χ3n) is 3.65. The Morgan fingerprint density at radius 2 is 1.96 bits per heavy atom. The molecule has 0 fully saturated rings. The third-order valence-corrected chi connectivity index (χ3v) is 4.57. The van der Waals surface area contributed by atoms with Gasteiger partial charge in [-0.2, -0.15) is 0 Å². The molecular formula is C17H13N3O2S. The second kappa shape index (κ2) is 5.48. The highest BCUT2D eigenvalue weighted by Crippen LogP contribution is 2.20. The van der Waals surface area contributed by atoms with Gasteiger partial charge < -0.3 is 8.98 Å². The number of aryl methyl sites for hydroxylation is 1. The molecule has 6 heteroatoms. The van der Waals surface area contributed by atoms with Crippen LogP contribution in [-0.2, 0) is 6.54 Å². The number of pyridine rings is 1. The van der Waals surface area contributed by atoms with E-state index in [0.29, 0.717) is 18.3 Å². The maximum Gasteiger partial charge on any atom is 0.247 e. The largest absolute Gasteiger partial charge is 0.419 e. The van der Waals surface area contributed by atoms with E-state index in [1.54, 1.807) is 12.3 Å². The number of hydrogen-bond donors (Lipinski definition) is 0. The standard InChI is InChI=1S/C17H13N3O2S/c1-11-2-4-12(5-3-11)17-19-18-15(22-17)10-20-8-6-14(21)16-13(20)7-9-23-16/h2-9H,10H2,1H3. The Bertz CT molecular complexity index is 1030. The summed E-state index contributed by atoms with van der Waals surface area (Å²) in [5.41, 5.74) is 3.01. The maximum absolute atomic E-state index is 11.8. The van der Waals surface area contributed by atoms with Gasteiger partial charge in [-0.25, -0.2) is 0 Å². The van der Waals surface area contributed by atoms with Crippen LogP contribution in [0.15, 0.2) is 57.2 Å². The zero-order valence-electron chi connectivity index (χ0n) is 12.4. The number of fused-ring (bicyclic) bond motifs is 1. The molecule has 0 aliphatic carbocycles. The van der Waals surface area contributed by atoms with Gasteiger partial charge in [-0.05, 0) is 30.5 Å². The van der Waals surface area contributed by atoms with Gasteiger partial charge in [0.2, 0.25) is 11.8 Å². The number of nitrogens with zero attached hydrogens (tertiary/aromatic N) is 3. The summed E-state index contributed by atoms with van der Waals surface area (Å²) in [7, 11) is 0. The Labute approximate surface area is 135 Å². The van der Waals surface area contributed by atoms with Gasteiger partial charge in [0.25, 0.3) is 0 Å². The second-order valence-corrected chi connectivity index (χ2v) is 6.23. The molecule has 1 aromatic carbocycles. The molecule has 3 aromatic heterocycles. The van der Waals surface area contributed by atoms with E-state index >= 15 is 0 Å². The first kappa shape index (κ1) is 13.9. The highest BCUT2D eigenvalue weighted by Gasteiger charge is 2.11. The molecule has 0 N–H and O–H groups in total. The van der Waals surface area contributed by atoms with Gasteiger partial charge >= 0.3 is 0 Å². The molecule has 0 saturated carbocycles. The van der Waals surface area contributed by atoms with Gasteiger partial charge in [0, 0.05) is 17.8 Å². The van der Waals surface area contributed by atoms with Crippen LogP contribution in [0.1, 0.15) is 11.5 Å². The van der Waals surface area contributed by atoms with Crippen LogP contribution in [-0.4, -0.2) is 14.8 Å². The number of benzene rings is 1. The zero-order valence-corrected chi connectivity index (χ0v) is 13.2. The van der Waals surface area contributed by atoms with E-state index < -0.39 is 0 Å². The van der Waals surface area contributed by atoms with Crippen molar-refractivity contribution in [3.63, 3.8) is 0 Å². The van der Waals surface area contributed by atoms with Crippen LogP contribution in [0.5, 0.6) is 0 Å². The Kier molecular flexibility index (Phi) is 3.31. The molecule has 0 amide bonds. The fraction of sp³-hybridized carbons (Fsp3) is 0.118. The minimum Gasteiger partial charge on any atom is -0.419 e. The summed E-state index contributed by atoms with van der Waals surface area (Å²) in [6.45, 7) is 2.47. The fourth-order valence-corrected chi connectivity index (χ4v) is 3.26. The average molecular weight is 323 g/mol. The topological polar surface area (TPSA) is 60.9 Å². The van der Waals surface area contributed by atoms with Crippen molar-refractivity contribution < 1.29 is 4.42 Å². The molecule has 23 heavy (non-hydrogen) atoms. The Morgan fingerprint density at radius 1 is 1.13 bits per heavy atom. The smallest absolute Gasteiger partial charge is 0.247 e. The van der Waals surface area contributed by atoms with Crippen LogP contribution < -0.4 is 5.43 Å².